The molecular weight excluding hydrogens is 393 g/mol. The van der Waals surface area contributed by atoms with Crippen molar-refractivity contribution >= 4 is 34.4 Å². The summed E-state index contributed by atoms with van der Waals surface area (Å²) in [5.41, 5.74) is 2.49. The fourth-order valence-electron chi connectivity index (χ4n) is 3.71. The Morgan fingerprint density at radius 1 is 1.29 bits per heavy atom. The van der Waals surface area contributed by atoms with Crippen LogP contribution < -0.4 is 10.6 Å². The molecule has 1 aliphatic carbocycles. The zero-order chi connectivity index (χ0) is 20.5. The van der Waals surface area contributed by atoms with Crippen LogP contribution in [0, 0.1) is 5.92 Å². The molecule has 0 saturated heterocycles. The molecular formula is C19H22ClF3N4O. The normalized spacial score (nSPS) is 20.4. The molecule has 2 aromatic rings. The molecule has 9 heteroatoms. The van der Waals surface area contributed by atoms with E-state index in [4.69, 9.17) is 11.6 Å². The van der Waals surface area contributed by atoms with Crippen LogP contribution in [0.15, 0.2) is 18.3 Å². The summed E-state index contributed by atoms with van der Waals surface area (Å²) in [6.45, 7) is 3.91. The maximum absolute atomic E-state index is 13.0. The summed E-state index contributed by atoms with van der Waals surface area (Å²) in [4.78, 5) is 21.1. The lowest BCUT2D eigenvalue weighted by molar-refractivity contribution is -0.183. The Labute approximate surface area is 166 Å². The number of hydrogen-bond donors (Lipinski definition) is 2. The first kappa shape index (κ1) is 20.6. The molecule has 0 aromatic carbocycles. The number of rotatable bonds is 3. The van der Waals surface area contributed by atoms with Gasteiger partial charge in [-0.2, -0.15) is 13.2 Å². The molecule has 2 N–H and O–H groups in total. The predicted molar refractivity (Wildman–Crippen MR) is 103 cm³/mol. The van der Waals surface area contributed by atoms with E-state index in [1.54, 1.807) is 12.1 Å². The molecule has 0 aliphatic heterocycles. The quantitative estimate of drug-likeness (QED) is 0.638. The highest BCUT2D eigenvalue weighted by molar-refractivity contribution is 6.29. The first-order valence-electron chi connectivity index (χ1n) is 9.24. The summed E-state index contributed by atoms with van der Waals surface area (Å²) in [5.74, 6) is -1.34. The number of amides is 2. The van der Waals surface area contributed by atoms with Crippen LogP contribution in [0.4, 0.5) is 23.7 Å². The number of nitrogens with zero attached hydrogens (tertiary/aromatic N) is 2. The predicted octanol–water partition coefficient (Wildman–Crippen LogP) is 5.65. The first-order chi connectivity index (χ1) is 13.1. The summed E-state index contributed by atoms with van der Waals surface area (Å²) in [7, 11) is 0. The minimum atomic E-state index is -4.23. The third-order valence-corrected chi connectivity index (χ3v) is 5.23. The van der Waals surface area contributed by atoms with E-state index in [1.807, 2.05) is 13.8 Å². The van der Waals surface area contributed by atoms with Crippen LogP contribution in [0.25, 0.3) is 11.0 Å². The second-order valence-electron chi connectivity index (χ2n) is 7.44. The van der Waals surface area contributed by atoms with Crippen molar-refractivity contribution < 1.29 is 18.0 Å². The van der Waals surface area contributed by atoms with Gasteiger partial charge < -0.3 is 10.6 Å². The van der Waals surface area contributed by atoms with Crippen LogP contribution in [0.5, 0.6) is 0 Å². The largest absolute Gasteiger partial charge is 0.391 e. The maximum atomic E-state index is 13.0. The summed E-state index contributed by atoms with van der Waals surface area (Å²) in [5, 5.41) is 5.72. The minimum Gasteiger partial charge on any atom is -0.335 e. The average molecular weight is 415 g/mol. The van der Waals surface area contributed by atoms with Gasteiger partial charge in [-0.25, -0.2) is 9.78 Å². The van der Waals surface area contributed by atoms with Crippen molar-refractivity contribution in [1.29, 1.82) is 0 Å². The van der Waals surface area contributed by atoms with Crippen molar-refractivity contribution in [2.75, 3.05) is 5.32 Å². The van der Waals surface area contributed by atoms with Gasteiger partial charge in [0.05, 0.1) is 28.8 Å². The number of halogens is 4. The Kier molecular flexibility index (Phi) is 5.98. The molecule has 2 atom stereocenters. The van der Waals surface area contributed by atoms with E-state index in [1.165, 1.54) is 6.20 Å². The number of nitrogens with one attached hydrogen (secondary N) is 2. The van der Waals surface area contributed by atoms with Gasteiger partial charge in [-0.1, -0.05) is 31.9 Å². The van der Waals surface area contributed by atoms with Gasteiger partial charge in [0, 0.05) is 11.6 Å². The Morgan fingerprint density at radius 2 is 2.04 bits per heavy atom. The van der Waals surface area contributed by atoms with Gasteiger partial charge in [0.15, 0.2) is 0 Å². The van der Waals surface area contributed by atoms with Crippen LogP contribution in [-0.2, 0) is 0 Å². The first-order valence-corrected chi connectivity index (χ1v) is 9.62. The minimum absolute atomic E-state index is 0.0241. The third-order valence-electron chi connectivity index (χ3n) is 5.02. The molecule has 0 spiro atoms. The van der Waals surface area contributed by atoms with E-state index >= 15 is 0 Å². The fourth-order valence-corrected chi connectivity index (χ4v) is 3.86. The van der Waals surface area contributed by atoms with Crippen LogP contribution in [0.3, 0.4) is 0 Å². The smallest absolute Gasteiger partial charge is 0.335 e. The van der Waals surface area contributed by atoms with Crippen LogP contribution in [0.2, 0.25) is 5.15 Å². The van der Waals surface area contributed by atoms with Crippen LogP contribution in [-0.4, -0.2) is 28.2 Å². The molecule has 0 radical (unpaired) electrons. The number of anilines is 1. The highest BCUT2D eigenvalue weighted by Gasteiger charge is 2.42. The van der Waals surface area contributed by atoms with Crippen molar-refractivity contribution in [1.82, 2.24) is 15.3 Å². The van der Waals surface area contributed by atoms with Crippen LogP contribution in [0.1, 0.15) is 51.0 Å². The van der Waals surface area contributed by atoms with Crippen LogP contribution >= 0.6 is 11.6 Å². The number of carbonyl (C=O) groups is 1. The number of fused-ring (bicyclic) bond motifs is 1. The second-order valence-corrected chi connectivity index (χ2v) is 7.83. The van der Waals surface area contributed by atoms with Crippen molar-refractivity contribution in [3.8, 4) is 0 Å². The Balaban J connectivity index is 1.77. The van der Waals surface area contributed by atoms with Crippen molar-refractivity contribution in [2.24, 2.45) is 5.92 Å². The van der Waals surface area contributed by atoms with Gasteiger partial charge in [0.2, 0.25) is 0 Å². The van der Waals surface area contributed by atoms with E-state index in [9.17, 15) is 18.0 Å². The summed E-state index contributed by atoms with van der Waals surface area (Å²) in [6, 6.07) is 2.34. The summed E-state index contributed by atoms with van der Waals surface area (Å²) >= 11 is 6.00. The average Bonchev–Trinajstić information content (AvgIpc) is 2.60. The highest BCUT2D eigenvalue weighted by atomic mass is 35.5. The second kappa shape index (κ2) is 8.11. The maximum Gasteiger partial charge on any atom is 0.391 e. The van der Waals surface area contributed by atoms with E-state index < -0.39 is 24.2 Å². The lowest BCUT2D eigenvalue weighted by atomic mass is 9.85. The van der Waals surface area contributed by atoms with Gasteiger partial charge in [-0.3, -0.25) is 4.98 Å². The molecule has 0 bridgehead atoms. The summed E-state index contributed by atoms with van der Waals surface area (Å²) < 4.78 is 38.9. The molecule has 28 heavy (non-hydrogen) atoms. The highest BCUT2D eigenvalue weighted by Crippen LogP contribution is 2.37. The molecule has 152 valence electrons. The number of urea groups is 1. The Hall–Kier alpha value is -2.09. The van der Waals surface area contributed by atoms with Crippen molar-refractivity contribution in [2.45, 2.75) is 57.7 Å². The van der Waals surface area contributed by atoms with Crippen molar-refractivity contribution in [3.63, 3.8) is 0 Å². The molecule has 3 rings (SSSR count). The number of pyridine rings is 2. The van der Waals surface area contributed by atoms with Gasteiger partial charge >= 0.3 is 12.2 Å². The van der Waals surface area contributed by atoms with E-state index in [2.05, 4.69) is 20.6 Å². The fraction of sp³-hybridized carbons (Fsp3) is 0.526. The molecule has 1 saturated carbocycles. The molecule has 2 heterocycles. The van der Waals surface area contributed by atoms with Gasteiger partial charge in [0.1, 0.15) is 5.15 Å². The monoisotopic (exact) mass is 414 g/mol. The lowest BCUT2D eigenvalue weighted by Gasteiger charge is -2.31. The van der Waals surface area contributed by atoms with E-state index in [0.29, 0.717) is 34.7 Å². The SMILES string of the molecule is CC(C)c1c(NC(=O)NC2CCCC(C(F)(F)F)C2)cnc2ccc(Cl)nc12. The number of carbonyl (C=O) groups excluding carboxylic acids is 1. The number of hydrogen-bond acceptors (Lipinski definition) is 3. The van der Waals surface area contributed by atoms with E-state index in [-0.39, 0.29) is 18.8 Å². The number of aromatic nitrogens is 2. The molecule has 5 nitrogen and oxygen atoms in total. The zero-order valence-electron chi connectivity index (χ0n) is 15.6. The zero-order valence-corrected chi connectivity index (χ0v) is 16.4. The standard InChI is InChI=1S/C19H22ClF3N4O/c1-10(2)16-14(9-24-13-6-7-15(20)27-17(13)16)26-18(28)25-12-5-3-4-11(8-12)19(21,22)23/h6-7,9-12H,3-5,8H2,1-2H3,(H2,25,26,28). The van der Waals surface area contributed by atoms with Gasteiger partial charge in [-0.15, -0.1) is 0 Å². The molecule has 1 aliphatic rings. The lowest BCUT2D eigenvalue weighted by Crippen LogP contribution is -2.43. The van der Waals surface area contributed by atoms with Crippen molar-refractivity contribution in [3.05, 3.63) is 29.0 Å². The Morgan fingerprint density at radius 3 is 2.71 bits per heavy atom. The third kappa shape index (κ3) is 4.66. The van der Waals surface area contributed by atoms with Gasteiger partial charge in [-0.05, 0) is 37.3 Å². The molecule has 2 aromatic heterocycles. The number of alkyl halides is 3. The van der Waals surface area contributed by atoms with E-state index in [0.717, 1.165) is 5.56 Å². The van der Waals surface area contributed by atoms with Gasteiger partial charge in [0.25, 0.3) is 0 Å². The summed E-state index contributed by atoms with van der Waals surface area (Å²) in [6.07, 6.45) is -1.71. The molecule has 2 unspecified atom stereocenters. The molecule has 1 fully saturated rings. The topological polar surface area (TPSA) is 66.9 Å². The Bertz CT molecular complexity index is 872. The molecule has 2 amide bonds.